The molecule has 2 amide bonds. The molecule has 3 rings (SSSR count). The number of furan rings is 1. The Bertz CT molecular complexity index is 765. The van der Waals surface area contributed by atoms with Gasteiger partial charge in [-0.3, -0.25) is 4.79 Å². The van der Waals surface area contributed by atoms with Gasteiger partial charge in [-0.25, -0.2) is 4.79 Å². The number of fused-ring (bicyclic) bond motifs is 1. The molecule has 1 aliphatic rings. The Kier molecular flexibility index (Phi) is 4.46. The standard InChI is InChI=1S/C18H22N2O4/c1-12-4-5-15-13(11-23-16(15)8-12)9-17(21)20-7-6-14(10-20)24-18(22)19(2)3/h4-5,8,11,14H,6-7,9-10H2,1-3H3. The molecule has 1 aliphatic heterocycles. The molecule has 2 aromatic rings. The van der Waals surface area contributed by atoms with Crippen LogP contribution in [0.5, 0.6) is 0 Å². The lowest BCUT2D eigenvalue weighted by Gasteiger charge is -2.18. The highest BCUT2D eigenvalue weighted by atomic mass is 16.6. The van der Waals surface area contributed by atoms with Crippen LogP contribution in [0, 0.1) is 6.92 Å². The Morgan fingerprint density at radius 2 is 2.17 bits per heavy atom. The topological polar surface area (TPSA) is 63.0 Å². The number of likely N-dealkylation sites (tertiary alicyclic amines) is 1. The molecule has 1 aromatic carbocycles. The number of benzene rings is 1. The number of amides is 2. The van der Waals surface area contributed by atoms with Gasteiger partial charge in [-0.2, -0.15) is 0 Å². The van der Waals surface area contributed by atoms with E-state index in [0.717, 1.165) is 22.1 Å². The van der Waals surface area contributed by atoms with E-state index in [2.05, 4.69) is 0 Å². The van der Waals surface area contributed by atoms with Crippen LogP contribution in [0.4, 0.5) is 4.79 Å². The molecular formula is C18H22N2O4. The summed E-state index contributed by atoms with van der Waals surface area (Å²) in [7, 11) is 3.29. The van der Waals surface area contributed by atoms with Gasteiger partial charge in [-0.05, 0) is 18.6 Å². The first-order valence-corrected chi connectivity index (χ1v) is 8.06. The Balaban J connectivity index is 1.62. The summed E-state index contributed by atoms with van der Waals surface area (Å²) in [6, 6.07) is 5.97. The third-order valence-corrected chi connectivity index (χ3v) is 4.28. The summed E-state index contributed by atoms with van der Waals surface area (Å²) in [6.07, 6.45) is 2.03. The van der Waals surface area contributed by atoms with E-state index in [4.69, 9.17) is 9.15 Å². The van der Waals surface area contributed by atoms with E-state index in [1.165, 1.54) is 4.90 Å². The molecule has 6 heteroatoms. The minimum atomic E-state index is -0.370. The summed E-state index contributed by atoms with van der Waals surface area (Å²) in [5.74, 6) is 0.0293. The van der Waals surface area contributed by atoms with Crippen molar-refractivity contribution >= 4 is 23.0 Å². The second-order valence-corrected chi connectivity index (χ2v) is 6.47. The van der Waals surface area contributed by atoms with Crippen LogP contribution < -0.4 is 0 Å². The van der Waals surface area contributed by atoms with Gasteiger partial charge in [0.2, 0.25) is 5.91 Å². The summed E-state index contributed by atoms with van der Waals surface area (Å²) < 4.78 is 10.9. The van der Waals surface area contributed by atoms with Crippen molar-refractivity contribution in [3.63, 3.8) is 0 Å². The molecule has 128 valence electrons. The van der Waals surface area contributed by atoms with Gasteiger partial charge < -0.3 is 19.0 Å². The Hall–Kier alpha value is -2.50. The van der Waals surface area contributed by atoms with Crippen molar-refractivity contribution in [2.75, 3.05) is 27.2 Å². The number of hydrogen-bond donors (Lipinski definition) is 0. The summed E-state index contributed by atoms with van der Waals surface area (Å²) >= 11 is 0. The Morgan fingerprint density at radius 1 is 1.38 bits per heavy atom. The predicted octanol–water partition coefficient (Wildman–Crippen LogP) is 2.58. The van der Waals surface area contributed by atoms with Gasteiger partial charge in [0.1, 0.15) is 11.7 Å². The van der Waals surface area contributed by atoms with Gasteiger partial charge in [0, 0.05) is 38.0 Å². The summed E-state index contributed by atoms with van der Waals surface area (Å²) in [5, 5.41) is 0.976. The van der Waals surface area contributed by atoms with E-state index >= 15 is 0 Å². The van der Waals surface area contributed by atoms with Gasteiger partial charge in [-0.15, -0.1) is 0 Å². The number of carbonyl (C=O) groups is 2. The lowest BCUT2D eigenvalue weighted by atomic mass is 10.1. The third-order valence-electron chi connectivity index (χ3n) is 4.28. The zero-order chi connectivity index (χ0) is 17.3. The van der Waals surface area contributed by atoms with Crippen LogP contribution in [0.15, 0.2) is 28.9 Å². The van der Waals surface area contributed by atoms with Crippen molar-refractivity contribution in [3.05, 3.63) is 35.6 Å². The van der Waals surface area contributed by atoms with Crippen molar-refractivity contribution in [3.8, 4) is 0 Å². The molecule has 1 atom stereocenters. The zero-order valence-corrected chi connectivity index (χ0v) is 14.2. The number of ether oxygens (including phenoxy) is 1. The van der Waals surface area contributed by atoms with Crippen molar-refractivity contribution in [2.45, 2.75) is 25.9 Å². The average Bonchev–Trinajstić information content (AvgIpc) is 3.14. The predicted molar refractivity (Wildman–Crippen MR) is 89.8 cm³/mol. The lowest BCUT2D eigenvalue weighted by molar-refractivity contribution is -0.129. The fraction of sp³-hybridized carbons (Fsp3) is 0.444. The molecule has 1 aromatic heterocycles. The molecule has 6 nitrogen and oxygen atoms in total. The number of aryl methyl sites for hydroxylation is 1. The van der Waals surface area contributed by atoms with Crippen LogP contribution in [-0.4, -0.2) is 55.1 Å². The number of nitrogens with zero attached hydrogens (tertiary/aromatic N) is 2. The molecule has 1 fully saturated rings. The average molecular weight is 330 g/mol. The fourth-order valence-corrected chi connectivity index (χ4v) is 2.90. The van der Waals surface area contributed by atoms with Gasteiger partial charge in [-0.1, -0.05) is 12.1 Å². The Labute approximate surface area is 141 Å². The van der Waals surface area contributed by atoms with E-state index in [1.54, 1.807) is 25.3 Å². The molecule has 0 bridgehead atoms. The van der Waals surface area contributed by atoms with Crippen molar-refractivity contribution in [1.82, 2.24) is 9.80 Å². The van der Waals surface area contributed by atoms with Gasteiger partial charge >= 0.3 is 6.09 Å². The van der Waals surface area contributed by atoms with Crippen LogP contribution in [0.3, 0.4) is 0 Å². The van der Waals surface area contributed by atoms with Crippen LogP contribution in [0.2, 0.25) is 0 Å². The van der Waals surface area contributed by atoms with Crippen LogP contribution in [0.1, 0.15) is 17.5 Å². The summed E-state index contributed by atoms with van der Waals surface area (Å²) in [6.45, 7) is 3.07. The molecule has 0 radical (unpaired) electrons. The zero-order valence-electron chi connectivity index (χ0n) is 14.2. The van der Waals surface area contributed by atoms with Gasteiger partial charge in [0.15, 0.2) is 0 Å². The highest BCUT2D eigenvalue weighted by Gasteiger charge is 2.29. The minimum Gasteiger partial charge on any atom is -0.464 e. The van der Waals surface area contributed by atoms with Gasteiger partial charge in [0.05, 0.1) is 19.2 Å². The molecule has 0 saturated carbocycles. The molecule has 1 saturated heterocycles. The SMILES string of the molecule is Cc1ccc2c(CC(=O)N3CCC(OC(=O)N(C)C)C3)coc2c1. The first-order chi connectivity index (χ1) is 11.4. The number of carbonyl (C=O) groups excluding carboxylic acids is 2. The molecule has 0 aliphatic carbocycles. The molecule has 2 heterocycles. The maximum atomic E-state index is 12.5. The summed E-state index contributed by atoms with van der Waals surface area (Å²) in [5.41, 5.74) is 2.82. The van der Waals surface area contributed by atoms with E-state index in [0.29, 0.717) is 25.9 Å². The van der Waals surface area contributed by atoms with Crippen LogP contribution >= 0.6 is 0 Å². The number of rotatable bonds is 3. The first kappa shape index (κ1) is 16.4. The second kappa shape index (κ2) is 6.55. The second-order valence-electron chi connectivity index (χ2n) is 6.47. The fourth-order valence-electron chi connectivity index (χ4n) is 2.90. The smallest absolute Gasteiger partial charge is 0.409 e. The lowest BCUT2D eigenvalue weighted by Crippen LogP contribution is -2.33. The monoisotopic (exact) mass is 330 g/mol. The van der Waals surface area contributed by atoms with Crippen molar-refractivity contribution in [2.24, 2.45) is 0 Å². The normalized spacial score (nSPS) is 17.3. The van der Waals surface area contributed by atoms with E-state index in [9.17, 15) is 9.59 Å². The van der Waals surface area contributed by atoms with E-state index in [1.807, 2.05) is 25.1 Å². The molecule has 1 unspecified atom stereocenters. The highest BCUT2D eigenvalue weighted by molar-refractivity contribution is 5.88. The van der Waals surface area contributed by atoms with Crippen molar-refractivity contribution < 1.29 is 18.7 Å². The largest absolute Gasteiger partial charge is 0.464 e. The first-order valence-electron chi connectivity index (χ1n) is 8.06. The van der Waals surface area contributed by atoms with E-state index in [-0.39, 0.29) is 18.1 Å². The van der Waals surface area contributed by atoms with Crippen molar-refractivity contribution in [1.29, 1.82) is 0 Å². The molecule has 24 heavy (non-hydrogen) atoms. The highest BCUT2D eigenvalue weighted by Crippen LogP contribution is 2.24. The maximum Gasteiger partial charge on any atom is 0.409 e. The van der Waals surface area contributed by atoms with E-state index < -0.39 is 0 Å². The van der Waals surface area contributed by atoms with Gasteiger partial charge in [0.25, 0.3) is 0 Å². The maximum absolute atomic E-state index is 12.5. The minimum absolute atomic E-state index is 0.0293. The Morgan fingerprint density at radius 3 is 2.92 bits per heavy atom. The molecule has 0 N–H and O–H groups in total. The quantitative estimate of drug-likeness (QED) is 0.868. The molecule has 0 spiro atoms. The molecular weight excluding hydrogens is 308 g/mol. The van der Waals surface area contributed by atoms with Crippen LogP contribution in [0.25, 0.3) is 11.0 Å². The number of hydrogen-bond acceptors (Lipinski definition) is 4. The summed E-state index contributed by atoms with van der Waals surface area (Å²) in [4.78, 5) is 27.3. The third kappa shape index (κ3) is 3.37. The van der Waals surface area contributed by atoms with Crippen LogP contribution in [-0.2, 0) is 16.0 Å².